The Morgan fingerprint density at radius 2 is 1.82 bits per heavy atom. The average Bonchev–Trinajstić information content (AvgIpc) is 2.39. The molecule has 0 saturated carbocycles. The lowest BCUT2D eigenvalue weighted by Crippen LogP contribution is -1.95. The summed E-state index contributed by atoms with van der Waals surface area (Å²) in [6.45, 7) is 0.487. The Hall–Kier alpha value is -1.87. The van der Waals surface area contributed by atoms with Gasteiger partial charge in [0.25, 0.3) is 0 Å². The van der Waals surface area contributed by atoms with Gasteiger partial charge in [-0.15, -0.1) is 0 Å². The summed E-state index contributed by atoms with van der Waals surface area (Å²) in [5.74, 6) is 0.385. The first-order valence-electron chi connectivity index (χ1n) is 5.37. The molecule has 17 heavy (non-hydrogen) atoms. The van der Waals surface area contributed by atoms with Crippen molar-refractivity contribution in [3.05, 3.63) is 53.8 Å². The standard InChI is InChI=1S/C14H14FNO/c1-17-12-6-7-14(15)13(8-12)11-4-2-10(9-16)3-5-11/h2-8H,9,16H2,1H3. The fraction of sp³-hybridized carbons (Fsp3) is 0.143. The van der Waals surface area contributed by atoms with Crippen LogP contribution in [0, 0.1) is 5.82 Å². The summed E-state index contributed by atoms with van der Waals surface area (Å²) in [5.41, 5.74) is 7.90. The van der Waals surface area contributed by atoms with E-state index in [0.717, 1.165) is 11.1 Å². The van der Waals surface area contributed by atoms with Crippen LogP contribution in [0.1, 0.15) is 5.56 Å². The number of methoxy groups -OCH3 is 1. The number of benzene rings is 2. The van der Waals surface area contributed by atoms with Gasteiger partial charge in [-0.3, -0.25) is 0 Å². The molecule has 0 fully saturated rings. The lowest BCUT2D eigenvalue weighted by Gasteiger charge is -2.07. The summed E-state index contributed by atoms with van der Waals surface area (Å²) in [6.07, 6.45) is 0. The molecular formula is C14H14FNO. The molecule has 0 aliphatic heterocycles. The van der Waals surface area contributed by atoms with Crippen LogP contribution in [0.25, 0.3) is 11.1 Å². The first-order chi connectivity index (χ1) is 8.24. The Bertz CT molecular complexity index is 508. The van der Waals surface area contributed by atoms with Gasteiger partial charge in [0.2, 0.25) is 0 Å². The first kappa shape index (κ1) is 11.6. The molecule has 2 aromatic carbocycles. The van der Waals surface area contributed by atoms with Crippen molar-refractivity contribution in [3.8, 4) is 16.9 Å². The van der Waals surface area contributed by atoms with Crippen molar-refractivity contribution in [2.24, 2.45) is 5.73 Å². The molecule has 2 aromatic rings. The smallest absolute Gasteiger partial charge is 0.131 e. The number of hydrogen-bond donors (Lipinski definition) is 1. The normalized spacial score (nSPS) is 10.3. The van der Waals surface area contributed by atoms with E-state index in [1.807, 2.05) is 24.3 Å². The topological polar surface area (TPSA) is 35.2 Å². The van der Waals surface area contributed by atoms with Crippen molar-refractivity contribution in [1.29, 1.82) is 0 Å². The van der Waals surface area contributed by atoms with Gasteiger partial charge in [0, 0.05) is 12.1 Å². The fourth-order valence-electron chi connectivity index (χ4n) is 1.67. The van der Waals surface area contributed by atoms with Crippen molar-refractivity contribution in [2.75, 3.05) is 7.11 Å². The van der Waals surface area contributed by atoms with Crippen LogP contribution < -0.4 is 10.5 Å². The Morgan fingerprint density at radius 3 is 2.41 bits per heavy atom. The van der Waals surface area contributed by atoms with Crippen molar-refractivity contribution >= 4 is 0 Å². The summed E-state index contributed by atoms with van der Waals surface area (Å²) in [5, 5.41) is 0. The maximum Gasteiger partial charge on any atom is 0.131 e. The van der Waals surface area contributed by atoms with Gasteiger partial charge in [-0.25, -0.2) is 4.39 Å². The lowest BCUT2D eigenvalue weighted by atomic mass is 10.0. The largest absolute Gasteiger partial charge is 0.497 e. The molecule has 0 aliphatic rings. The molecule has 0 bridgehead atoms. The third kappa shape index (κ3) is 2.45. The van der Waals surface area contributed by atoms with Crippen LogP contribution in [0.15, 0.2) is 42.5 Å². The van der Waals surface area contributed by atoms with Gasteiger partial charge in [0.1, 0.15) is 11.6 Å². The number of hydrogen-bond acceptors (Lipinski definition) is 2. The van der Waals surface area contributed by atoms with Crippen LogP contribution >= 0.6 is 0 Å². The highest BCUT2D eigenvalue weighted by atomic mass is 19.1. The van der Waals surface area contributed by atoms with Gasteiger partial charge in [-0.05, 0) is 29.3 Å². The van der Waals surface area contributed by atoms with Gasteiger partial charge in [0.15, 0.2) is 0 Å². The molecule has 0 aromatic heterocycles. The van der Waals surface area contributed by atoms with Crippen LogP contribution in [0.2, 0.25) is 0 Å². The molecule has 3 heteroatoms. The molecule has 0 radical (unpaired) electrons. The Kier molecular flexibility index (Phi) is 3.40. The van der Waals surface area contributed by atoms with Gasteiger partial charge in [-0.2, -0.15) is 0 Å². The number of nitrogens with two attached hydrogens (primary N) is 1. The lowest BCUT2D eigenvalue weighted by molar-refractivity contribution is 0.414. The maximum absolute atomic E-state index is 13.7. The van der Waals surface area contributed by atoms with Crippen LogP contribution in [0.3, 0.4) is 0 Å². The minimum absolute atomic E-state index is 0.258. The summed E-state index contributed by atoms with van der Waals surface area (Å²) in [6, 6.07) is 12.2. The van der Waals surface area contributed by atoms with Gasteiger partial charge >= 0.3 is 0 Å². The molecular weight excluding hydrogens is 217 g/mol. The Morgan fingerprint density at radius 1 is 1.12 bits per heavy atom. The Balaban J connectivity index is 2.43. The fourth-order valence-corrected chi connectivity index (χ4v) is 1.67. The second-order valence-electron chi connectivity index (χ2n) is 3.75. The van der Waals surface area contributed by atoms with Crippen molar-refractivity contribution in [2.45, 2.75) is 6.54 Å². The molecule has 0 heterocycles. The minimum Gasteiger partial charge on any atom is -0.497 e. The molecule has 0 amide bonds. The van der Waals surface area contributed by atoms with Gasteiger partial charge in [0.05, 0.1) is 7.11 Å². The quantitative estimate of drug-likeness (QED) is 0.881. The molecule has 2 rings (SSSR count). The zero-order chi connectivity index (χ0) is 12.3. The third-order valence-electron chi connectivity index (χ3n) is 2.67. The first-order valence-corrected chi connectivity index (χ1v) is 5.37. The molecule has 2 N–H and O–H groups in total. The highest BCUT2D eigenvalue weighted by Gasteiger charge is 2.06. The van der Waals surface area contributed by atoms with Crippen molar-refractivity contribution in [3.63, 3.8) is 0 Å². The van der Waals surface area contributed by atoms with E-state index in [2.05, 4.69) is 0 Å². The van der Waals surface area contributed by atoms with Crippen LogP contribution in [0.5, 0.6) is 5.75 Å². The maximum atomic E-state index is 13.7. The average molecular weight is 231 g/mol. The highest BCUT2D eigenvalue weighted by Crippen LogP contribution is 2.27. The predicted octanol–water partition coefficient (Wildman–Crippen LogP) is 2.96. The van der Waals surface area contributed by atoms with E-state index in [0.29, 0.717) is 17.9 Å². The zero-order valence-corrected chi connectivity index (χ0v) is 9.61. The second kappa shape index (κ2) is 4.97. The molecule has 0 spiro atoms. The van der Waals surface area contributed by atoms with E-state index in [1.54, 1.807) is 19.2 Å². The van der Waals surface area contributed by atoms with Gasteiger partial charge < -0.3 is 10.5 Å². The van der Waals surface area contributed by atoms with E-state index in [4.69, 9.17) is 10.5 Å². The molecule has 0 unspecified atom stereocenters. The summed E-state index contributed by atoms with van der Waals surface area (Å²) < 4.78 is 18.8. The number of rotatable bonds is 3. The minimum atomic E-state index is -0.258. The van der Waals surface area contributed by atoms with E-state index < -0.39 is 0 Å². The van der Waals surface area contributed by atoms with Gasteiger partial charge in [-0.1, -0.05) is 24.3 Å². The predicted molar refractivity (Wildman–Crippen MR) is 66.3 cm³/mol. The third-order valence-corrected chi connectivity index (χ3v) is 2.67. The molecule has 0 aliphatic carbocycles. The van der Waals surface area contributed by atoms with E-state index in [1.165, 1.54) is 6.07 Å². The summed E-state index contributed by atoms with van der Waals surface area (Å²) in [4.78, 5) is 0. The molecule has 88 valence electrons. The van der Waals surface area contributed by atoms with E-state index >= 15 is 0 Å². The zero-order valence-electron chi connectivity index (χ0n) is 9.61. The van der Waals surface area contributed by atoms with Crippen molar-refractivity contribution in [1.82, 2.24) is 0 Å². The molecule has 0 saturated heterocycles. The van der Waals surface area contributed by atoms with Crippen molar-refractivity contribution < 1.29 is 9.13 Å². The van der Waals surface area contributed by atoms with Crippen LogP contribution in [-0.4, -0.2) is 7.11 Å². The summed E-state index contributed by atoms with van der Waals surface area (Å²) >= 11 is 0. The Labute approximate surface area is 99.8 Å². The SMILES string of the molecule is COc1ccc(F)c(-c2ccc(CN)cc2)c1. The second-order valence-corrected chi connectivity index (χ2v) is 3.75. The highest BCUT2D eigenvalue weighted by molar-refractivity contribution is 5.66. The molecule has 0 atom stereocenters. The van der Waals surface area contributed by atoms with Crippen LogP contribution in [-0.2, 0) is 6.54 Å². The number of halogens is 1. The van der Waals surface area contributed by atoms with E-state index in [9.17, 15) is 4.39 Å². The summed E-state index contributed by atoms with van der Waals surface area (Å²) in [7, 11) is 1.56. The molecule has 2 nitrogen and oxygen atoms in total. The monoisotopic (exact) mass is 231 g/mol. The van der Waals surface area contributed by atoms with E-state index in [-0.39, 0.29) is 5.82 Å². The number of ether oxygens (including phenoxy) is 1. The van der Waals surface area contributed by atoms with Crippen LogP contribution in [0.4, 0.5) is 4.39 Å².